The maximum atomic E-state index is 12.8. The van der Waals surface area contributed by atoms with Crippen LogP contribution < -0.4 is 4.90 Å². The molecule has 6 heteroatoms. The Bertz CT molecular complexity index is 949. The van der Waals surface area contributed by atoms with Gasteiger partial charge in [-0.1, -0.05) is 66.5 Å². The maximum Gasteiger partial charge on any atom is 0.335 e. The minimum atomic E-state index is -1.05. The molecule has 2 aromatic carbocycles. The molecule has 26 heavy (non-hydrogen) atoms. The fourth-order valence-corrected chi connectivity index (χ4v) is 3.88. The number of carboxylic acid groups (broad SMARTS) is 1. The first-order chi connectivity index (χ1) is 12.5. The van der Waals surface area contributed by atoms with Gasteiger partial charge >= 0.3 is 5.97 Å². The third kappa shape index (κ3) is 3.92. The maximum absolute atomic E-state index is 12.8. The minimum Gasteiger partial charge on any atom is -0.478 e. The van der Waals surface area contributed by atoms with Gasteiger partial charge in [-0.2, -0.15) is 0 Å². The van der Waals surface area contributed by atoms with Crippen molar-refractivity contribution in [3.8, 4) is 0 Å². The second-order valence-corrected chi connectivity index (χ2v) is 7.35. The number of rotatable bonds is 4. The van der Waals surface area contributed by atoms with E-state index in [9.17, 15) is 9.59 Å². The van der Waals surface area contributed by atoms with Gasteiger partial charge in [0, 0.05) is 0 Å². The first-order valence-corrected chi connectivity index (χ1v) is 9.03. The molecule has 1 amide bonds. The Morgan fingerprint density at radius 1 is 1.15 bits per heavy atom. The lowest BCUT2D eigenvalue weighted by Gasteiger charge is -2.14. The monoisotopic (exact) mass is 381 g/mol. The number of amides is 1. The van der Waals surface area contributed by atoms with Crippen molar-refractivity contribution in [2.45, 2.75) is 6.92 Å². The highest BCUT2D eigenvalue weighted by molar-refractivity contribution is 8.27. The van der Waals surface area contributed by atoms with Crippen molar-refractivity contribution in [1.29, 1.82) is 0 Å². The van der Waals surface area contributed by atoms with Crippen molar-refractivity contribution in [3.05, 3.63) is 82.3 Å². The first kappa shape index (κ1) is 18.1. The molecule has 0 bridgehead atoms. The van der Waals surface area contributed by atoms with Crippen LogP contribution in [-0.2, 0) is 4.79 Å². The van der Waals surface area contributed by atoms with Crippen LogP contribution in [0.2, 0.25) is 0 Å². The summed E-state index contributed by atoms with van der Waals surface area (Å²) in [7, 11) is 0. The number of benzene rings is 2. The van der Waals surface area contributed by atoms with Crippen LogP contribution in [-0.4, -0.2) is 21.3 Å². The quantitative estimate of drug-likeness (QED) is 0.612. The van der Waals surface area contributed by atoms with Crippen LogP contribution in [0.4, 0.5) is 5.69 Å². The molecule has 1 aliphatic heterocycles. The zero-order valence-corrected chi connectivity index (χ0v) is 15.5. The number of thioether (sulfide) groups is 1. The Balaban J connectivity index is 1.88. The third-order valence-electron chi connectivity index (χ3n) is 3.70. The standard InChI is InChI=1S/C20H15NO3S2/c1-13(10-14-6-3-2-4-7-14)11-17-18(22)21(20(25)26-17)16-9-5-8-15(12-16)19(23)24/h2-12H,1H3,(H,23,24)/b13-10?,17-11-. The highest BCUT2D eigenvalue weighted by atomic mass is 32.2. The Kier molecular flexibility index (Phi) is 5.35. The number of allylic oxidation sites excluding steroid dienone is 2. The van der Waals surface area contributed by atoms with Crippen LogP contribution >= 0.6 is 24.0 Å². The van der Waals surface area contributed by atoms with Gasteiger partial charge in [0.05, 0.1) is 16.2 Å². The number of carbonyl (C=O) groups excluding carboxylic acids is 1. The molecule has 0 spiro atoms. The zero-order chi connectivity index (χ0) is 18.7. The molecule has 0 unspecified atom stereocenters. The molecule has 0 saturated carbocycles. The molecular weight excluding hydrogens is 366 g/mol. The van der Waals surface area contributed by atoms with E-state index in [-0.39, 0.29) is 11.5 Å². The van der Waals surface area contributed by atoms with Crippen LogP contribution in [0.25, 0.3) is 6.08 Å². The van der Waals surface area contributed by atoms with Gasteiger partial charge < -0.3 is 5.11 Å². The van der Waals surface area contributed by atoms with Crippen molar-refractivity contribution >= 4 is 51.9 Å². The molecule has 0 aliphatic carbocycles. The van der Waals surface area contributed by atoms with E-state index in [1.807, 2.05) is 43.3 Å². The van der Waals surface area contributed by atoms with Crippen molar-refractivity contribution in [3.63, 3.8) is 0 Å². The van der Waals surface area contributed by atoms with Crippen LogP contribution in [0.3, 0.4) is 0 Å². The smallest absolute Gasteiger partial charge is 0.335 e. The van der Waals surface area contributed by atoms with Crippen molar-refractivity contribution in [2.24, 2.45) is 0 Å². The fourth-order valence-electron chi connectivity index (χ4n) is 2.53. The molecule has 4 nitrogen and oxygen atoms in total. The average Bonchev–Trinajstić information content (AvgIpc) is 2.89. The molecule has 130 valence electrons. The predicted octanol–water partition coefficient (Wildman–Crippen LogP) is 4.74. The highest BCUT2D eigenvalue weighted by Gasteiger charge is 2.33. The van der Waals surface area contributed by atoms with Crippen molar-refractivity contribution in [2.75, 3.05) is 4.90 Å². The van der Waals surface area contributed by atoms with Crippen LogP contribution in [0.5, 0.6) is 0 Å². The number of carbonyl (C=O) groups is 2. The van der Waals surface area contributed by atoms with Gasteiger partial charge in [0.25, 0.3) is 5.91 Å². The lowest BCUT2D eigenvalue weighted by molar-refractivity contribution is -0.113. The number of hydrogen-bond donors (Lipinski definition) is 1. The molecule has 0 atom stereocenters. The second-order valence-electron chi connectivity index (χ2n) is 5.67. The van der Waals surface area contributed by atoms with E-state index in [0.717, 1.165) is 11.1 Å². The third-order valence-corrected chi connectivity index (χ3v) is 5.00. The summed E-state index contributed by atoms with van der Waals surface area (Å²) in [5.41, 5.74) is 2.54. The molecule has 1 saturated heterocycles. The molecule has 0 radical (unpaired) electrons. The molecule has 1 fully saturated rings. The number of anilines is 1. The predicted molar refractivity (Wildman–Crippen MR) is 109 cm³/mol. The second kappa shape index (κ2) is 7.68. The molecule has 0 aromatic heterocycles. The summed E-state index contributed by atoms with van der Waals surface area (Å²) in [5, 5.41) is 9.13. The van der Waals surface area contributed by atoms with E-state index in [1.54, 1.807) is 18.2 Å². The van der Waals surface area contributed by atoms with E-state index in [1.165, 1.54) is 28.8 Å². The van der Waals surface area contributed by atoms with Crippen molar-refractivity contribution in [1.82, 2.24) is 0 Å². The van der Waals surface area contributed by atoms with Crippen LogP contribution in [0, 0.1) is 0 Å². The molecular formula is C20H15NO3S2. The highest BCUT2D eigenvalue weighted by Crippen LogP contribution is 2.35. The number of aromatic carboxylic acids is 1. The Hall–Kier alpha value is -2.70. The van der Waals surface area contributed by atoms with Crippen LogP contribution in [0.15, 0.2) is 71.2 Å². The van der Waals surface area contributed by atoms with Gasteiger partial charge in [-0.3, -0.25) is 9.69 Å². The Morgan fingerprint density at radius 3 is 2.58 bits per heavy atom. The summed E-state index contributed by atoms with van der Waals surface area (Å²) in [6, 6.07) is 16.0. The van der Waals surface area contributed by atoms with Crippen molar-refractivity contribution < 1.29 is 14.7 Å². The fraction of sp³-hybridized carbons (Fsp3) is 0.0500. The first-order valence-electron chi connectivity index (χ1n) is 7.80. The summed E-state index contributed by atoms with van der Waals surface area (Å²) in [6.45, 7) is 1.92. The summed E-state index contributed by atoms with van der Waals surface area (Å²) >= 11 is 6.54. The summed E-state index contributed by atoms with van der Waals surface area (Å²) in [5.74, 6) is -1.29. The van der Waals surface area contributed by atoms with Gasteiger partial charge in [0.1, 0.15) is 0 Å². The summed E-state index contributed by atoms with van der Waals surface area (Å²) < 4.78 is 0.385. The van der Waals surface area contributed by atoms with Gasteiger partial charge in [0.2, 0.25) is 0 Å². The van der Waals surface area contributed by atoms with E-state index in [4.69, 9.17) is 17.3 Å². The van der Waals surface area contributed by atoms with Crippen LogP contribution in [0.1, 0.15) is 22.8 Å². The van der Waals surface area contributed by atoms with E-state index >= 15 is 0 Å². The van der Waals surface area contributed by atoms with Gasteiger partial charge in [-0.15, -0.1) is 0 Å². The SMILES string of the molecule is CC(=Cc1ccccc1)/C=C1\SC(=S)N(c2cccc(C(=O)O)c2)C1=O. The molecule has 1 heterocycles. The largest absolute Gasteiger partial charge is 0.478 e. The Labute approximate surface area is 160 Å². The minimum absolute atomic E-state index is 0.112. The molecule has 2 aromatic rings. The molecule has 3 rings (SSSR count). The lowest BCUT2D eigenvalue weighted by atomic mass is 10.1. The van der Waals surface area contributed by atoms with Gasteiger partial charge in [-0.25, -0.2) is 4.79 Å². The van der Waals surface area contributed by atoms with Gasteiger partial charge in [-0.05, 0) is 42.3 Å². The zero-order valence-electron chi connectivity index (χ0n) is 13.9. The number of nitrogens with zero attached hydrogens (tertiary/aromatic N) is 1. The Morgan fingerprint density at radius 2 is 1.88 bits per heavy atom. The number of carboxylic acids is 1. The van der Waals surface area contributed by atoms with E-state index < -0.39 is 5.97 Å². The summed E-state index contributed by atoms with van der Waals surface area (Å²) in [6.07, 6.45) is 3.78. The number of thiocarbonyl (C=S) groups is 1. The van der Waals surface area contributed by atoms with E-state index in [2.05, 4.69) is 0 Å². The lowest BCUT2D eigenvalue weighted by Crippen LogP contribution is -2.27. The molecule has 1 N–H and O–H groups in total. The molecule has 1 aliphatic rings. The summed E-state index contributed by atoms with van der Waals surface area (Å²) in [4.78, 5) is 25.8. The topological polar surface area (TPSA) is 57.6 Å². The number of hydrogen-bond acceptors (Lipinski definition) is 4. The van der Waals surface area contributed by atoms with Gasteiger partial charge in [0.15, 0.2) is 4.32 Å². The average molecular weight is 381 g/mol. The normalized spacial score (nSPS) is 16.4. The van der Waals surface area contributed by atoms with E-state index in [0.29, 0.717) is 14.9 Å².